The second-order valence-electron chi connectivity index (χ2n) is 3.35. The first-order chi connectivity index (χ1) is 7.52. The lowest BCUT2D eigenvalue weighted by Crippen LogP contribution is -2.10. The Morgan fingerprint density at radius 2 is 1.69 bits per heavy atom. The van der Waals surface area contributed by atoms with Gasteiger partial charge in [-0.15, -0.1) is 0 Å². The Hall–Kier alpha value is -2.37. The molecule has 82 valence electrons. The number of hydrogen-bond donors (Lipinski definition) is 1. The van der Waals surface area contributed by atoms with Crippen LogP contribution in [0.3, 0.4) is 0 Å². The number of azo groups is 1. The molecule has 0 aromatic rings. The van der Waals surface area contributed by atoms with E-state index in [1.807, 2.05) is 0 Å². The van der Waals surface area contributed by atoms with Crippen LogP contribution >= 0.6 is 0 Å². The van der Waals surface area contributed by atoms with Gasteiger partial charge in [0.2, 0.25) is 0 Å². The highest BCUT2D eigenvalue weighted by Gasteiger charge is 2.38. The number of aliphatic hydroxyl groups excluding tert-OH is 1. The minimum atomic E-state index is -0.372. The van der Waals surface area contributed by atoms with E-state index in [0.717, 1.165) is 0 Å². The number of ketones is 1. The van der Waals surface area contributed by atoms with Crippen LogP contribution in [0.2, 0.25) is 0 Å². The summed E-state index contributed by atoms with van der Waals surface area (Å²) in [5.41, 5.74) is 0.105. The lowest BCUT2D eigenvalue weighted by Gasteiger charge is -2.00. The molecule has 1 aliphatic carbocycles. The molecule has 1 aliphatic heterocycles. The average Bonchev–Trinajstić information content (AvgIpc) is 2.46. The lowest BCUT2D eigenvalue weighted by atomic mass is 10.1. The first-order valence-corrected chi connectivity index (χ1v) is 4.51. The van der Waals surface area contributed by atoms with Crippen LogP contribution < -0.4 is 0 Å². The molecule has 0 fully saturated rings. The average molecular weight is 220 g/mol. The molecule has 6 heteroatoms. The van der Waals surface area contributed by atoms with Gasteiger partial charge in [0.1, 0.15) is 0 Å². The van der Waals surface area contributed by atoms with Crippen molar-refractivity contribution < 1.29 is 19.6 Å². The van der Waals surface area contributed by atoms with Crippen molar-refractivity contribution >= 4 is 5.78 Å². The molecule has 1 N–H and O–H groups in total. The summed E-state index contributed by atoms with van der Waals surface area (Å²) in [7, 11) is 0. The van der Waals surface area contributed by atoms with Crippen LogP contribution in [-0.2, 0) is 4.79 Å². The molecule has 1 heterocycles. The van der Waals surface area contributed by atoms with Crippen LogP contribution in [0.4, 0.5) is 0 Å². The van der Waals surface area contributed by atoms with Gasteiger partial charge in [0.05, 0.1) is 15.3 Å². The number of hydroxylamine groups is 2. The van der Waals surface area contributed by atoms with E-state index in [1.165, 1.54) is 31.2 Å². The van der Waals surface area contributed by atoms with Crippen LogP contribution in [0.25, 0.3) is 0 Å². The van der Waals surface area contributed by atoms with E-state index < -0.39 is 0 Å². The molecule has 16 heavy (non-hydrogen) atoms. The van der Waals surface area contributed by atoms with Gasteiger partial charge in [-0.2, -0.15) is 0 Å². The minimum absolute atomic E-state index is 0.0461. The van der Waals surface area contributed by atoms with Crippen molar-refractivity contribution in [2.24, 2.45) is 0 Å². The normalized spacial score (nSPS) is 20.4. The third-order valence-corrected chi connectivity index (χ3v) is 2.34. The Morgan fingerprint density at radius 3 is 2.12 bits per heavy atom. The molecule has 0 spiro atoms. The van der Waals surface area contributed by atoms with Crippen molar-refractivity contribution in [1.29, 1.82) is 0 Å². The van der Waals surface area contributed by atoms with Crippen molar-refractivity contribution in [3.8, 4) is 0 Å². The number of nitrogens with zero attached hydrogens (tertiary/aromatic N) is 2. The van der Waals surface area contributed by atoms with Crippen LogP contribution in [0.15, 0.2) is 47.0 Å². The molecule has 0 unspecified atom stereocenters. The fourth-order valence-corrected chi connectivity index (χ4v) is 1.44. The zero-order chi connectivity index (χ0) is 11.9. The van der Waals surface area contributed by atoms with Gasteiger partial charge in [0.25, 0.3) is 5.76 Å². The van der Waals surface area contributed by atoms with Gasteiger partial charge in [-0.3, -0.25) is 4.79 Å². The standard InChI is InChI=1S/C10H8N2O4/c1-6-10(14)9(12(16)11(6)15)7-2-4-8(13)5-3-7/h2-5,14H,1H3. The number of allylic oxidation sites excluding steroid dienone is 6. The minimum Gasteiger partial charge on any atom is -0.561 e. The maximum absolute atomic E-state index is 11.4. The highest BCUT2D eigenvalue weighted by Crippen LogP contribution is 2.26. The highest BCUT2D eigenvalue weighted by molar-refractivity contribution is 6.01. The Kier molecular flexibility index (Phi) is 2.12. The Labute approximate surface area is 90.6 Å². The summed E-state index contributed by atoms with van der Waals surface area (Å²) in [4.78, 5) is 11.0. The molecule has 0 atom stereocenters. The number of rotatable bonds is 0. The topological polar surface area (TPSA) is 89.4 Å². The summed E-state index contributed by atoms with van der Waals surface area (Å²) >= 11 is 0. The largest absolute Gasteiger partial charge is 0.561 e. The van der Waals surface area contributed by atoms with Crippen molar-refractivity contribution in [3.05, 3.63) is 57.4 Å². The van der Waals surface area contributed by atoms with Crippen molar-refractivity contribution in [2.75, 3.05) is 0 Å². The van der Waals surface area contributed by atoms with Gasteiger partial charge < -0.3 is 15.5 Å². The summed E-state index contributed by atoms with van der Waals surface area (Å²) in [6, 6.07) is 0. The number of carbonyl (C=O) groups excluding carboxylic acids is 1. The summed E-state index contributed by atoms with van der Waals surface area (Å²) in [6.07, 6.45) is 5.27. The highest BCUT2D eigenvalue weighted by atomic mass is 16.6. The second-order valence-corrected chi connectivity index (χ2v) is 3.35. The molecule has 0 saturated heterocycles. The zero-order valence-electron chi connectivity index (χ0n) is 8.38. The molecular weight excluding hydrogens is 212 g/mol. The smallest absolute Gasteiger partial charge is 0.343 e. The van der Waals surface area contributed by atoms with E-state index in [1.54, 1.807) is 0 Å². The molecule has 2 aliphatic rings. The number of carbonyl (C=O) groups is 1. The number of hydrogen-bond acceptors (Lipinski definition) is 4. The Morgan fingerprint density at radius 1 is 1.12 bits per heavy atom. The summed E-state index contributed by atoms with van der Waals surface area (Å²) in [6.45, 7) is 1.34. The summed E-state index contributed by atoms with van der Waals surface area (Å²) in [5.74, 6) is -0.581. The molecule has 0 saturated carbocycles. The Balaban J connectivity index is 2.59. The van der Waals surface area contributed by atoms with Crippen molar-refractivity contribution in [1.82, 2.24) is 0 Å². The van der Waals surface area contributed by atoms with E-state index in [0.29, 0.717) is 5.57 Å². The van der Waals surface area contributed by atoms with Gasteiger partial charge in [0.15, 0.2) is 5.78 Å². The summed E-state index contributed by atoms with van der Waals surface area (Å²) < 4.78 is 0. The first kappa shape index (κ1) is 10.2. The third kappa shape index (κ3) is 1.31. The van der Waals surface area contributed by atoms with E-state index in [4.69, 9.17) is 0 Å². The van der Waals surface area contributed by atoms with Gasteiger partial charge in [0, 0.05) is 6.92 Å². The third-order valence-electron chi connectivity index (χ3n) is 2.34. The van der Waals surface area contributed by atoms with Crippen LogP contribution in [-0.4, -0.2) is 20.6 Å². The first-order valence-electron chi connectivity index (χ1n) is 4.51. The molecule has 0 radical (unpaired) electrons. The molecule has 6 nitrogen and oxygen atoms in total. The SMILES string of the molecule is CC1=C(O)C(=C2C=CC(=O)C=C2)[N+]([O-])=[N+]1[O-]. The molecule has 0 bridgehead atoms. The summed E-state index contributed by atoms with van der Waals surface area (Å²) in [5, 5.41) is 32.2. The van der Waals surface area contributed by atoms with E-state index >= 15 is 0 Å². The quantitative estimate of drug-likeness (QED) is 0.490. The van der Waals surface area contributed by atoms with E-state index in [2.05, 4.69) is 0 Å². The van der Waals surface area contributed by atoms with E-state index in [-0.39, 0.29) is 32.7 Å². The molecule has 0 amide bonds. The van der Waals surface area contributed by atoms with Crippen LogP contribution in [0.1, 0.15) is 6.92 Å². The maximum Gasteiger partial charge on any atom is 0.343 e. The Bertz CT molecular complexity index is 491. The van der Waals surface area contributed by atoms with E-state index in [9.17, 15) is 20.3 Å². The van der Waals surface area contributed by atoms with Crippen molar-refractivity contribution in [3.63, 3.8) is 0 Å². The van der Waals surface area contributed by atoms with Crippen molar-refractivity contribution in [2.45, 2.75) is 6.92 Å². The second kappa shape index (κ2) is 3.34. The zero-order valence-corrected chi connectivity index (χ0v) is 8.38. The van der Waals surface area contributed by atoms with Crippen LogP contribution in [0, 0.1) is 10.4 Å². The lowest BCUT2D eigenvalue weighted by molar-refractivity contribution is -0.917. The predicted molar refractivity (Wildman–Crippen MR) is 52.9 cm³/mol. The molecule has 2 rings (SSSR count). The van der Waals surface area contributed by atoms with Gasteiger partial charge in [-0.25, -0.2) is 0 Å². The fourth-order valence-electron chi connectivity index (χ4n) is 1.44. The monoisotopic (exact) mass is 220 g/mol. The maximum atomic E-state index is 11.4. The molecule has 0 aromatic heterocycles. The fraction of sp³-hybridized carbons (Fsp3) is 0.100. The van der Waals surface area contributed by atoms with Gasteiger partial charge >= 0.3 is 11.4 Å². The molecular formula is C10H8N2O4. The number of aliphatic hydroxyl groups is 1. The van der Waals surface area contributed by atoms with Crippen LogP contribution in [0.5, 0.6) is 0 Å². The van der Waals surface area contributed by atoms with Gasteiger partial charge in [-0.1, -0.05) is 0 Å². The predicted octanol–water partition coefficient (Wildman–Crippen LogP) is 1.21. The van der Waals surface area contributed by atoms with Gasteiger partial charge in [-0.05, 0) is 24.3 Å². The molecule has 0 aromatic carbocycles.